The van der Waals surface area contributed by atoms with Crippen LogP contribution in [0.1, 0.15) is 12.5 Å². The predicted octanol–water partition coefficient (Wildman–Crippen LogP) is 1.90. The van der Waals surface area contributed by atoms with Gasteiger partial charge in [-0.25, -0.2) is 4.21 Å². The minimum Gasteiger partial charge on any atom is -0.363 e. The van der Waals surface area contributed by atoms with Crippen molar-refractivity contribution < 1.29 is 8.76 Å². The molecule has 1 aromatic rings. The Morgan fingerprint density at radius 3 is 2.75 bits per heavy atom. The molecule has 86 valence electrons. The summed E-state index contributed by atoms with van der Waals surface area (Å²) in [5, 5.41) is 0. The lowest BCUT2D eigenvalue weighted by Crippen LogP contribution is -2.18. The quantitative estimate of drug-likeness (QED) is 0.642. The molecule has 0 fully saturated rings. The molecule has 0 aliphatic carbocycles. The monoisotopic (exact) mass is 237 g/mol. The van der Waals surface area contributed by atoms with Crippen molar-refractivity contribution in [2.75, 3.05) is 18.5 Å². The first kappa shape index (κ1) is 12.8. The van der Waals surface area contributed by atoms with Crippen LogP contribution in [-0.4, -0.2) is 22.4 Å². The van der Waals surface area contributed by atoms with E-state index in [9.17, 15) is 4.21 Å². The lowest BCUT2D eigenvalue weighted by Gasteiger charge is -2.20. The molecule has 3 nitrogen and oxygen atoms in total. The second kappa shape index (κ2) is 5.69. The van der Waals surface area contributed by atoms with Crippen LogP contribution in [0.4, 0.5) is 5.69 Å². The summed E-state index contributed by atoms with van der Waals surface area (Å²) < 4.78 is 20.0. The van der Waals surface area contributed by atoms with E-state index >= 15 is 0 Å². The van der Waals surface area contributed by atoms with E-state index in [1.54, 1.807) is 12.1 Å². The third kappa shape index (κ3) is 2.84. The highest BCUT2D eigenvalue weighted by molar-refractivity contribution is 7.79. The lowest BCUT2D eigenvalue weighted by atomic mass is 10.1. The maximum absolute atomic E-state index is 11.0. The van der Waals surface area contributed by atoms with Crippen molar-refractivity contribution in [3.05, 3.63) is 23.8 Å². The summed E-state index contributed by atoms with van der Waals surface area (Å²) in [7, 11) is 1.87. The van der Waals surface area contributed by atoms with Crippen molar-refractivity contribution >= 4 is 16.8 Å². The lowest BCUT2D eigenvalue weighted by molar-refractivity contribution is 0.564. The topological polar surface area (TPSA) is 40.5 Å². The van der Waals surface area contributed by atoms with Gasteiger partial charge in [-0.1, -0.05) is 18.9 Å². The van der Waals surface area contributed by atoms with Crippen molar-refractivity contribution in [1.82, 2.24) is 0 Å². The molecular formula is C12H15NO2S. The summed E-state index contributed by atoms with van der Waals surface area (Å²) in [6.07, 6.45) is 6.12. The van der Waals surface area contributed by atoms with E-state index in [2.05, 4.69) is 5.92 Å². The Hall–Kier alpha value is -1.31. The summed E-state index contributed by atoms with van der Waals surface area (Å²) in [5.74, 6) is 2.55. The zero-order valence-electron chi connectivity index (χ0n) is 9.43. The van der Waals surface area contributed by atoms with Crippen LogP contribution in [0.5, 0.6) is 0 Å². The fraction of sp³-hybridized carbons (Fsp3) is 0.333. The van der Waals surface area contributed by atoms with E-state index < -0.39 is 11.1 Å². The molecule has 0 heterocycles. The minimum atomic E-state index is -1.95. The average molecular weight is 237 g/mol. The van der Waals surface area contributed by atoms with E-state index in [-0.39, 0.29) is 0 Å². The van der Waals surface area contributed by atoms with Gasteiger partial charge in [-0.05, 0) is 24.1 Å². The summed E-state index contributed by atoms with van der Waals surface area (Å²) in [4.78, 5) is 2.30. The largest absolute Gasteiger partial charge is 0.363 e. The molecule has 0 bridgehead atoms. The number of hydrogen-bond acceptors (Lipinski definition) is 2. The molecule has 1 aromatic carbocycles. The first-order valence-electron chi connectivity index (χ1n) is 4.98. The molecule has 0 amide bonds. The summed E-state index contributed by atoms with van der Waals surface area (Å²) >= 11 is -1.95. The van der Waals surface area contributed by atoms with Crippen LogP contribution in [0.3, 0.4) is 0 Å². The van der Waals surface area contributed by atoms with Crippen LogP contribution in [0.2, 0.25) is 0 Å². The fourth-order valence-electron chi connectivity index (χ4n) is 1.53. The molecule has 0 saturated heterocycles. The van der Waals surface area contributed by atoms with E-state index in [0.29, 0.717) is 11.4 Å². The highest BCUT2D eigenvalue weighted by atomic mass is 32.2. The van der Waals surface area contributed by atoms with Gasteiger partial charge in [0.25, 0.3) is 0 Å². The Bertz CT molecular complexity index is 437. The van der Waals surface area contributed by atoms with Gasteiger partial charge in [0.1, 0.15) is 0 Å². The van der Waals surface area contributed by atoms with Gasteiger partial charge in [0.15, 0.2) is 11.1 Å². The fourth-order valence-corrected chi connectivity index (χ4v) is 1.93. The molecule has 0 saturated carbocycles. The van der Waals surface area contributed by atoms with Gasteiger partial charge in [-0.15, -0.1) is 6.42 Å². The van der Waals surface area contributed by atoms with Gasteiger partial charge < -0.3 is 9.45 Å². The van der Waals surface area contributed by atoms with Crippen LogP contribution in [0.15, 0.2) is 23.1 Å². The van der Waals surface area contributed by atoms with Gasteiger partial charge in [0.2, 0.25) is 0 Å². The van der Waals surface area contributed by atoms with Crippen molar-refractivity contribution in [3.63, 3.8) is 0 Å². The van der Waals surface area contributed by atoms with Gasteiger partial charge in [0.05, 0.1) is 11.4 Å². The normalized spacial score (nSPS) is 11.9. The zero-order valence-corrected chi connectivity index (χ0v) is 10.3. The Kier molecular flexibility index (Phi) is 4.53. The number of benzene rings is 1. The molecule has 1 unspecified atom stereocenters. The summed E-state index contributed by atoms with van der Waals surface area (Å²) in [6.45, 7) is 2.52. The highest BCUT2D eigenvalue weighted by Crippen LogP contribution is 2.23. The van der Waals surface area contributed by atoms with E-state index in [1.165, 1.54) is 0 Å². The Balaban J connectivity index is 3.17. The highest BCUT2D eigenvalue weighted by Gasteiger charge is 2.09. The molecule has 0 spiro atoms. The molecule has 0 aromatic heterocycles. The predicted molar refractivity (Wildman–Crippen MR) is 67.0 cm³/mol. The number of nitrogens with zero attached hydrogens (tertiary/aromatic N) is 1. The summed E-state index contributed by atoms with van der Waals surface area (Å²) in [5.41, 5.74) is 2.03. The smallest absolute Gasteiger partial charge is 0.186 e. The summed E-state index contributed by atoms with van der Waals surface area (Å²) in [6, 6.07) is 5.25. The number of anilines is 1. The van der Waals surface area contributed by atoms with Crippen LogP contribution >= 0.6 is 0 Å². The van der Waals surface area contributed by atoms with Crippen molar-refractivity contribution in [2.24, 2.45) is 0 Å². The maximum Gasteiger partial charge on any atom is 0.186 e. The molecule has 16 heavy (non-hydrogen) atoms. The standard InChI is InChI=1S/C12H15NO2S/c1-4-8-13(3)12-9-11(16(14)15)7-6-10(12)5-2/h1,6-7,9H,5,8H2,2-3H3,(H,14,15). The minimum absolute atomic E-state index is 0.399. The van der Waals surface area contributed by atoms with E-state index in [0.717, 1.165) is 17.7 Å². The van der Waals surface area contributed by atoms with Crippen LogP contribution in [0, 0.1) is 12.3 Å². The number of terminal acetylenes is 1. The average Bonchev–Trinajstić information content (AvgIpc) is 2.28. The molecule has 1 N–H and O–H groups in total. The van der Waals surface area contributed by atoms with Gasteiger partial charge in [-0.2, -0.15) is 0 Å². The molecule has 1 atom stereocenters. The van der Waals surface area contributed by atoms with Gasteiger partial charge in [0, 0.05) is 12.7 Å². The first-order valence-corrected chi connectivity index (χ1v) is 6.09. The molecular weight excluding hydrogens is 222 g/mol. The van der Waals surface area contributed by atoms with Crippen molar-refractivity contribution in [2.45, 2.75) is 18.2 Å². The first-order chi connectivity index (χ1) is 7.60. The Labute approximate surface area is 98.8 Å². The van der Waals surface area contributed by atoms with E-state index in [4.69, 9.17) is 11.0 Å². The molecule has 0 aliphatic rings. The number of rotatable bonds is 4. The third-order valence-electron chi connectivity index (χ3n) is 2.38. The van der Waals surface area contributed by atoms with Crippen molar-refractivity contribution in [3.8, 4) is 12.3 Å². The van der Waals surface area contributed by atoms with Gasteiger partial charge >= 0.3 is 0 Å². The number of aryl methyl sites for hydroxylation is 1. The second-order valence-electron chi connectivity index (χ2n) is 3.45. The Morgan fingerprint density at radius 2 is 2.25 bits per heavy atom. The zero-order chi connectivity index (χ0) is 12.1. The molecule has 0 radical (unpaired) electrons. The van der Waals surface area contributed by atoms with E-state index in [1.807, 2.05) is 24.9 Å². The van der Waals surface area contributed by atoms with Crippen LogP contribution in [-0.2, 0) is 17.5 Å². The molecule has 1 rings (SSSR count). The third-order valence-corrected chi connectivity index (χ3v) is 3.04. The SMILES string of the molecule is C#CCN(C)c1cc(S(=O)O)ccc1CC. The van der Waals surface area contributed by atoms with Crippen molar-refractivity contribution in [1.29, 1.82) is 0 Å². The van der Waals surface area contributed by atoms with Gasteiger partial charge in [-0.3, -0.25) is 0 Å². The maximum atomic E-state index is 11.0. The number of hydrogen-bond donors (Lipinski definition) is 1. The molecule has 0 aliphatic heterocycles. The Morgan fingerprint density at radius 1 is 1.56 bits per heavy atom. The second-order valence-corrected chi connectivity index (χ2v) is 4.42. The van der Waals surface area contributed by atoms with Crippen LogP contribution in [0.25, 0.3) is 0 Å². The van der Waals surface area contributed by atoms with Crippen LogP contribution < -0.4 is 4.90 Å². The molecule has 4 heteroatoms.